The number of carbonyl (C=O) groups is 3. The first kappa shape index (κ1) is 27.9. The molecule has 2 aliphatic heterocycles. The van der Waals surface area contributed by atoms with Crippen molar-refractivity contribution in [3.05, 3.63) is 53.7 Å². The van der Waals surface area contributed by atoms with Crippen molar-refractivity contribution < 1.29 is 23.9 Å². The number of aromatic nitrogens is 2. The van der Waals surface area contributed by atoms with Crippen LogP contribution in [0, 0.1) is 0 Å². The minimum absolute atomic E-state index is 0.0156. The number of anilines is 1. The summed E-state index contributed by atoms with van der Waals surface area (Å²) in [5.41, 5.74) is 7.04. The molecular formula is C28H36N6O5. The number of nitrogens with two attached hydrogens (primary N) is 1. The van der Waals surface area contributed by atoms with Crippen LogP contribution in [0.15, 0.2) is 36.8 Å². The van der Waals surface area contributed by atoms with Crippen molar-refractivity contribution >= 4 is 29.2 Å². The second kappa shape index (κ2) is 11.3. The molecule has 1 aromatic carbocycles. The molecule has 11 nitrogen and oxygen atoms in total. The largest absolute Gasteiger partial charge is 0.489 e. The van der Waals surface area contributed by atoms with Crippen molar-refractivity contribution in [2.24, 2.45) is 5.73 Å². The van der Waals surface area contributed by atoms with Crippen LogP contribution in [0.25, 0.3) is 5.57 Å². The third-order valence-electron chi connectivity index (χ3n) is 6.42. The zero-order valence-corrected chi connectivity index (χ0v) is 23.1. The van der Waals surface area contributed by atoms with Gasteiger partial charge in [-0.25, -0.2) is 14.8 Å². The molecule has 208 valence electrons. The Balaban J connectivity index is 1.51. The van der Waals surface area contributed by atoms with Gasteiger partial charge in [-0.1, -0.05) is 0 Å². The van der Waals surface area contributed by atoms with E-state index in [0.717, 1.165) is 11.8 Å². The van der Waals surface area contributed by atoms with E-state index in [2.05, 4.69) is 15.3 Å². The second-order valence-corrected chi connectivity index (χ2v) is 10.9. The van der Waals surface area contributed by atoms with Gasteiger partial charge >= 0.3 is 6.09 Å². The number of ether oxygens (including phenoxy) is 2. The van der Waals surface area contributed by atoms with Gasteiger partial charge in [0.2, 0.25) is 0 Å². The maximum absolute atomic E-state index is 13.4. The minimum Gasteiger partial charge on any atom is -0.489 e. The molecule has 1 fully saturated rings. The van der Waals surface area contributed by atoms with Crippen LogP contribution < -0.4 is 15.8 Å². The van der Waals surface area contributed by atoms with E-state index in [4.69, 9.17) is 15.2 Å². The highest BCUT2D eigenvalue weighted by atomic mass is 16.6. The first-order valence-corrected chi connectivity index (χ1v) is 13.1. The molecular weight excluding hydrogens is 500 g/mol. The molecule has 0 aliphatic carbocycles. The number of nitrogens with zero attached hydrogens (tertiary/aromatic N) is 4. The van der Waals surface area contributed by atoms with Crippen LogP contribution in [-0.4, -0.2) is 68.5 Å². The zero-order valence-electron chi connectivity index (χ0n) is 23.1. The first-order chi connectivity index (χ1) is 18.5. The third kappa shape index (κ3) is 6.47. The van der Waals surface area contributed by atoms with E-state index in [-0.39, 0.29) is 35.5 Å². The number of carbonyl (C=O) groups excluding carboxylic acids is 3. The van der Waals surface area contributed by atoms with Crippen LogP contribution in [0.2, 0.25) is 0 Å². The summed E-state index contributed by atoms with van der Waals surface area (Å²) in [6.07, 6.45) is 5.00. The Kier molecular flexibility index (Phi) is 8.08. The smallest absolute Gasteiger partial charge is 0.410 e. The van der Waals surface area contributed by atoms with E-state index in [1.165, 1.54) is 12.4 Å². The fraction of sp³-hybridized carbons (Fsp3) is 0.464. The molecule has 3 amide bonds. The number of nitrogens with one attached hydrogen (secondary N) is 1. The van der Waals surface area contributed by atoms with Crippen LogP contribution in [0.5, 0.6) is 5.75 Å². The van der Waals surface area contributed by atoms with Gasteiger partial charge in [0.1, 0.15) is 11.4 Å². The van der Waals surface area contributed by atoms with E-state index in [0.29, 0.717) is 49.5 Å². The number of rotatable bonds is 6. The van der Waals surface area contributed by atoms with Gasteiger partial charge in [-0.2, -0.15) is 0 Å². The number of likely N-dealkylation sites (tertiary alicyclic amines) is 1. The molecule has 0 radical (unpaired) electrons. The van der Waals surface area contributed by atoms with Crippen LogP contribution in [0.4, 0.5) is 10.5 Å². The monoisotopic (exact) mass is 536 g/mol. The molecule has 0 saturated carbocycles. The van der Waals surface area contributed by atoms with E-state index in [1.54, 1.807) is 23.1 Å². The van der Waals surface area contributed by atoms with Crippen LogP contribution in [0.3, 0.4) is 0 Å². The average molecular weight is 537 g/mol. The Bertz CT molecular complexity index is 1260. The Morgan fingerprint density at radius 1 is 1.15 bits per heavy atom. The Labute approximate surface area is 228 Å². The average Bonchev–Trinajstić information content (AvgIpc) is 3.19. The first-order valence-electron chi connectivity index (χ1n) is 13.1. The zero-order chi connectivity index (χ0) is 28.3. The topological polar surface area (TPSA) is 140 Å². The number of hydrogen-bond acceptors (Lipinski definition) is 8. The van der Waals surface area contributed by atoms with Crippen molar-refractivity contribution in [1.82, 2.24) is 19.8 Å². The van der Waals surface area contributed by atoms with Crippen molar-refractivity contribution in [2.75, 3.05) is 18.4 Å². The predicted molar refractivity (Wildman–Crippen MR) is 146 cm³/mol. The van der Waals surface area contributed by atoms with E-state index in [1.807, 2.05) is 39.5 Å². The lowest BCUT2D eigenvalue weighted by atomic mass is 10.0. The summed E-state index contributed by atoms with van der Waals surface area (Å²) in [7, 11) is 0. The van der Waals surface area contributed by atoms with E-state index >= 15 is 0 Å². The number of fused-ring (bicyclic) bond motifs is 1. The summed E-state index contributed by atoms with van der Waals surface area (Å²) in [4.78, 5) is 50.8. The summed E-state index contributed by atoms with van der Waals surface area (Å²) in [5.74, 6) is 0.00170. The minimum atomic E-state index is -0.557. The second-order valence-electron chi connectivity index (χ2n) is 10.9. The van der Waals surface area contributed by atoms with Crippen LogP contribution >= 0.6 is 0 Å². The summed E-state index contributed by atoms with van der Waals surface area (Å²) >= 11 is 0. The predicted octanol–water partition coefficient (Wildman–Crippen LogP) is 3.56. The molecule has 0 atom stereocenters. The molecule has 4 rings (SSSR count). The Morgan fingerprint density at radius 2 is 1.82 bits per heavy atom. The highest BCUT2D eigenvalue weighted by Gasteiger charge is 2.37. The number of amides is 3. The van der Waals surface area contributed by atoms with Gasteiger partial charge in [-0.05, 0) is 71.2 Å². The SMILES string of the molecule is CC(C)Oc1cc2c(cc1NC(=O)C(=CN)c1ncccn1)CN(C1CCN(C(=O)OC(C)(C)C)CC1)C2=O. The van der Waals surface area contributed by atoms with Crippen molar-refractivity contribution in [3.8, 4) is 5.75 Å². The molecule has 2 aromatic rings. The fourth-order valence-electron chi connectivity index (χ4n) is 4.67. The highest BCUT2D eigenvalue weighted by molar-refractivity contribution is 6.24. The maximum atomic E-state index is 13.4. The molecule has 0 bridgehead atoms. The van der Waals surface area contributed by atoms with Gasteiger partial charge in [0.25, 0.3) is 11.8 Å². The molecule has 39 heavy (non-hydrogen) atoms. The van der Waals surface area contributed by atoms with Gasteiger partial charge < -0.3 is 30.3 Å². The van der Waals surface area contributed by atoms with Crippen molar-refractivity contribution in [2.45, 2.75) is 71.8 Å². The van der Waals surface area contributed by atoms with Gasteiger partial charge in [-0.15, -0.1) is 0 Å². The number of benzene rings is 1. The summed E-state index contributed by atoms with van der Waals surface area (Å²) in [6.45, 7) is 10.7. The standard InChI is InChI=1S/C28H36N6O5/c1-17(2)38-23-14-20-18(13-22(23)32-25(35)21(15-29)24-30-9-6-10-31-24)16-34(26(20)36)19-7-11-33(12-8-19)27(37)39-28(3,4)5/h6,9-10,13-15,17,19H,7-8,11-12,16,29H2,1-5H3,(H,32,35). The van der Waals surface area contributed by atoms with Crippen molar-refractivity contribution in [3.63, 3.8) is 0 Å². The molecule has 0 spiro atoms. The summed E-state index contributed by atoms with van der Waals surface area (Å²) < 4.78 is 11.5. The lowest BCUT2D eigenvalue weighted by Crippen LogP contribution is -2.48. The molecule has 3 heterocycles. The Hall–Kier alpha value is -4.15. The van der Waals surface area contributed by atoms with E-state index in [9.17, 15) is 14.4 Å². The molecule has 2 aliphatic rings. The lowest BCUT2D eigenvalue weighted by Gasteiger charge is -2.37. The number of piperidine rings is 1. The fourth-order valence-corrected chi connectivity index (χ4v) is 4.67. The lowest BCUT2D eigenvalue weighted by molar-refractivity contribution is -0.111. The van der Waals surface area contributed by atoms with Gasteiger partial charge in [-0.3, -0.25) is 9.59 Å². The van der Waals surface area contributed by atoms with Crippen molar-refractivity contribution in [1.29, 1.82) is 0 Å². The molecule has 11 heteroatoms. The van der Waals surface area contributed by atoms with Gasteiger partial charge in [0.15, 0.2) is 5.82 Å². The normalized spacial score (nSPS) is 16.4. The molecule has 1 aromatic heterocycles. The quantitative estimate of drug-likeness (QED) is 0.534. The molecule has 1 saturated heterocycles. The molecule has 0 unspecified atom stereocenters. The summed E-state index contributed by atoms with van der Waals surface area (Å²) in [5, 5.41) is 2.86. The highest BCUT2D eigenvalue weighted by Crippen LogP contribution is 2.37. The Morgan fingerprint density at radius 3 is 2.41 bits per heavy atom. The van der Waals surface area contributed by atoms with Gasteiger partial charge in [0.05, 0.1) is 17.4 Å². The van der Waals surface area contributed by atoms with Crippen LogP contribution in [-0.2, 0) is 16.1 Å². The summed E-state index contributed by atoms with van der Waals surface area (Å²) in [6, 6.07) is 5.10. The third-order valence-corrected chi connectivity index (χ3v) is 6.42. The molecule has 3 N–H and O–H groups in total. The van der Waals surface area contributed by atoms with Gasteiger partial charge in [0, 0.05) is 49.8 Å². The maximum Gasteiger partial charge on any atom is 0.410 e. The van der Waals surface area contributed by atoms with Crippen LogP contribution in [0.1, 0.15) is 69.2 Å². The number of hydrogen-bond donors (Lipinski definition) is 2. The van der Waals surface area contributed by atoms with E-state index < -0.39 is 11.5 Å².